The second-order valence-electron chi connectivity index (χ2n) is 5.91. The Kier molecular flexibility index (Phi) is 3.20. The van der Waals surface area contributed by atoms with Crippen LogP contribution in [0.4, 0.5) is 13.2 Å². The fraction of sp³-hybridized carbons (Fsp3) is 0.600. The molecular formula is C15H18F3NO. The second-order valence-corrected chi connectivity index (χ2v) is 5.91. The quantitative estimate of drug-likeness (QED) is 0.898. The van der Waals surface area contributed by atoms with Gasteiger partial charge in [-0.1, -0.05) is 18.9 Å². The number of hydrogen-bond acceptors (Lipinski definition) is 2. The van der Waals surface area contributed by atoms with Crippen LogP contribution in [0.2, 0.25) is 0 Å². The summed E-state index contributed by atoms with van der Waals surface area (Å²) in [7, 11) is 0. The molecule has 0 aromatic heterocycles. The largest absolute Gasteiger partial charge is 0.490 e. The van der Waals surface area contributed by atoms with Crippen molar-refractivity contribution < 1.29 is 17.9 Å². The summed E-state index contributed by atoms with van der Waals surface area (Å²) in [6, 6.07) is 5.23. The topological polar surface area (TPSA) is 35.2 Å². The van der Waals surface area contributed by atoms with Gasteiger partial charge in [-0.25, -0.2) is 0 Å². The number of hydrogen-bond donors (Lipinski definition) is 1. The fourth-order valence-corrected chi connectivity index (χ4v) is 3.58. The number of alkyl halides is 3. The second kappa shape index (κ2) is 4.65. The molecule has 2 nitrogen and oxygen atoms in total. The third-order valence-corrected chi connectivity index (χ3v) is 4.82. The van der Waals surface area contributed by atoms with Crippen LogP contribution in [0, 0.1) is 5.41 Å². The molecule has 1 aromatic rings. The van der Waals surface area contributed by atoms with E-state index in [1.807, 2.05) is 0 Å². The van der Waals surface area contributed by atoms with Crippen molar-refractivity contribution in [1.29, 1.82) is 0 Å². The number of rotatable bonds is 2. The summed E-state index contributed by atoms with van der Waals surface area (Å²) in [6.07, 6.45) is 0.682. The number of benzene rings is 1. The van der Waals surface area contributed by atoms with Gasteiger partial charge in [0.25, 0.3) is 0 Å². The van der Waals surface area contributed by atoms with E-state index in [0.717, 1.165) is 44.2 Å². The van der Waals surface area contributed by atoms with Crippen molar-refractivity contribution in [2.45, 2.75) is 50.4 Å². The fourth-order valence-electron chi connectivity index (χ4n) is 3.58. The van der Waals surface area contributed by atoms with Gasteiger partial charge in [-0.15, -0.1) is 0 Å². The van der Waals surface area contributed by atoms with Crippen molar-refractivity contribution in [2.24, 2.45) is 11.1 Å². The zero-order chi connectivity index (χ0) is 14.4. The molecule has 0 amide bonds. The minimum atomic E-state index is -4.33. The molecule has 2 atom stereocenters. The van der Waals surface area contributed by atoms with Gasteiger partial charge in [0.2, 0.25) is 0 Å². The first-order chi connectivity index (χ1) is 9.42. The van der Waals surface area contributed by atoms with E-state index < -0.39 is 11.7 Å². The van der Waals surface area contributed by atoms with Gasteiger partial charge in [0, 0.05) is 17.9 Å². The molecule has 2 aliphatic carbocycles. The first kappa shape index (κ1) is 13.7. The lowest BCUT2D eigenvalue weighted by Crippen LogP contribution is -2.62. The van der Waals surface area contributed by atoms with Crippen LogP contribution in [0.1, 0.15) is 37.7 Å². The molecule has 110 valence electrons. The molecule has 2 saturated carbocycles. The smallest absolute Gasteiger partial charge is 0.416 e. The summed E-state index contributed by atoms with van der Waals surface area (Å²) in [5.74, 6) is 0.294. The van der Waals surface area contributed by atoms with Crippen LogP contribution in [-0.2, 0) is 6.18 Å². The van der Waals surface area contributed by atoms with Crippen molar-refractivity contribution in [3.8, 4) is 5.75 Å². The molecule has 2 aliphatic rings. The van der Waals surface area contributed by atoms with Crippen LogP contribution < -0.4 is 10.5 Å². The molecule has 1 aromatic carbocycles. The van der Waals surface area contributed by atoms with Crippen LogP contribution in [0.5, 0.6) is 5.75 Å². The third-order valence-electron chi connectivity index (χ3n) is 4.82. The van der Waals surface area contributed by atoms with Crippen LogP contribution >= 0.6 is 0 Å². The Morgan fingerprint density at radius 1 is 1.20 bits per heavy atom. The number of halogens is 3. The first-order valence-corrected chi connectivity index (χ1v) is 7.01. The molecule has 0 aliphatic heterocycles. The predicted octanol–water partition coefficient (Wildman–Crippen LogP) is 3.74. The van der Waals surface area contributed by atoms with E-state index in [-0.39, 0.29) is 17.6 Å². The number of nitrogens with two attached hydrogens (primary N) is 1. The highest BCUT2D eigenvalue weighted by molar-refractivity contribution is 5.31. The molecule has 1 spiro atoms. The van der Waals surface area contributed by atoms with Gasteiger partial charge in [0.1, 0.15) is 11.9 Å². The Balaban J connectivity index is 1.76. The van der Waals surface area contributed by atoms with E-state index >= 15 is 0 Å². The molecule has 2 fully saturated rings. The summed E-state index contributed by atoms with van der Waals surface area (Å²) in [6.45, 7) is 0. The molecule has 0 heterocycles. The maximum atomic E-state index is 12.7. The zero-order valence-corrected chi connectivity index (χ0v) is 11.1. The van der Waals surface area contributed by atoms with Crippen molar-refractivity contribution in [1.82, 2.24) is 0 Å². The monoisotopic (exact) mass is 285 g/mol. The van der Waals surface area contributed by atoms with Crippen molar-refractivity contribution in [3.05, 3.63) is 29.8 Å². The highest BCUT2D eigenvalue weighted by atomic mass is 19.4. The summed E-state index contributed by atoms with van der Waals surface area (Å²) in [5, 5.41) is 0. The van der Waals surface area contributed by atoms with E-state index in [9.17, 15) is 13.2 Å². The van der Waals surface area contributed by atoms with Crippen molar-refractivity contribution in [2.75, 3.05) is 0 Å². The Morgan fingerprint density at radius 2 is 1.90 bits per heavy atom. The summed E-state index contributed by atoms with van der Waals surface area (Å²) in [4.78, 5) is 0. The molecule has 3 rings (SSSR count). The summed E-state index contributed by atoms with van der Waals surface area (Å²) < 4.78 is 43.9. The zero-order valence-electron chi connectivity index (χ0n) is 11.1. The van der Waals surface area contributed by atoms with Crippen molar-refractivity contribution in [3.63, 3.8) is 0 Å². The molecule has 5 heteroatoms. The number of ether oxygens (including phenoxy) is 1. The van der Waals surface area contributed by atoms with E-state index in [2.05, 4.69) is 0 Å². The van der Waals surface area contributed by atoms with Gasteiger partial charge in [0.05, 0.1) is 5.56 Å². The highest BCUT2D eigenvalue weighted by Gasteiger charge is 2.56. The molecule has 0 saturated heterocycles. The van der Waals surface area contributed by atoms with E-state index in [4.69, 9.17) is 10.5 Å². The molecule has 0 bridgehead atoms. The lowest BCUT2D eigenvalue weighted by molar-refractivity contribution is -0.137. The van der Waals surface area contributed by atoms with E-state index in [0.29, 0.717) is 5.75 Å². The Hall–Kier alpha value is -1.23. The van der Waals surface area contributed by atoms with Gasteiger partial charge in [-0.2, -0.15) is 13.2 Å². The minimum absolute atomic E-state index is 0.00572. The maximum absolute atomic E-state index is 12.7. The first-order valence-electron chi connectivity index (χ1n) is 7.01. The maximum Gasteiger partial charge on any atom is 0.416 e. The molecule has 0 radical (unpaired) electrons. The summed E-state index contributed by atoms with van der Waals surface area (Å²) in [5.41, 5.74) is 5.43. The Morgan fingerprint density at radius 3 is 2.50 bits per heavy atom. The molecule has 2 N–H and O–H groups in total. The molecule has 20 heavy (non-hydrogen) atoms. The minimum Gasteiger partial charge on any atom is -0.490 e. The highest BCUT2D eigenvalue weighted by Crippen LogP contribution is 2.53. The average Bonchev–Trinajstić information content (AvgIpc) is 2.90. The molecule has 2 unspecified atom stereocenters. The van der Waals surface area contributed by atoms with Crippen LogP contribution in [0.25, 0.3) is 0 Å². The van der Waals surface area contributed by atoms with Crippen LogP contribution in [-0.4, -0.2) is 12.1 Å². The normalized spacial score (nSPS) is 28.4. The van der Waals surface area contributed by atoms with Gasteiger partial charge in [-0.05, 0) is 31.0 Å². The Labute approximate surface area is 116 Å². The summed E-state index contributed by atoms with van der Waals surface area (Å²) >= 11 is 0. The lowest BCUT2D eigenvalue weighted by Gasteiger charge is -2.52. The van der Waals surface area contributed by atoms with Crippen LogP contribution in [0.3, 0.4) is 0 Å². The van der Waals surface area contributed by atoms with Crippen LogP contribution in [0.15, 0.2) is 24.3 Å². The van der Waals surface area contributed by atoms with Gasteiger partial charge in [-0.3, -0.25) is 0 Å². The predicted molar refractivity (Wildman–Crippen MR) is 69.4 cm³/mol. The lowest BCUT2D eigenvalue weighted by atomic mass is 9.61. The average molecular weight is 285 g/mol. The van der Waals surface area contributed by atoms with E-state index in [1.54, 1.807) is 6.07 Å². The SMILES string of the molecule is NC1CC(Oc2cccc(C(F)(F)F)c2)C12CCCC2. The third kappa shape index (κ3) is 2.18. The van der Waals surface area contributed by atoms with E-state index in [1.165, 1.54) is 6.07 Å². The van der Waals surface area contributed by atoms with Gasteiger partial charge >= 0.3 is 6.18 Å². The van der Waals surface area contributed by atoms with Gasteiger partial charge < -0.3 is 10.5 Å². The van der Waals surface area contributed by atoms with Gasteiger partial charge in [0.15, 0.2) is 0 Å². The van der Waals surface area contributed by atoms with Crippen molar-refractivity contribution >= 4 is 0 Å². The Bertz CT molecular complexity index is 494. The standard InChI is InChI=1S/C15H18F3NO/c16-15(17,18)10-4-3-5-11(8-10)20-13-9-12(19)14(13)6-1-2-7-14/h3-5,8,12-13H,1-2,6-7,9,19H2. The molecular weight excluding hydrogens is 267 g/mol.